The van der Waals surface area contributed by atoms with Gasteiger partial charge in [0.2, 0.25) is 5.91 Å². The monoisotopic (exact) mass is 261 g/mol. The third-order valence-corrected chi connectivity index (χ3v) is 3.98. The molecular formula is C12H23NO3S. The molecule has 1 rings (SSSR count). The van der Waals surface area contributed by atoms with Gasteiger partial charge in [-0.3, -0.25) is 4.79 Å². The summed E-state index contributed by atoms with van der Waals surface area (Å²) in [4.78, 5) is 13.8. The fraction of sp³-hybridized carbons (Fsp3) is 0.917. The maximum Gasteiger partial charge on any atom is 0.232 e. The number of rotatable bonds is 5. The Bertz CT molecular complexity index is 246. The van der Waals surface area contributed by atoms with Gasteiger partial charge in [0.1, 0.15) is 0 Å². The zero-order chi connectivity index (χ0) is 12.7. The zero-order valence-electron chi connectivity index (χ0n) is 10.8. The first-order chi connectivity index (χ1) is 8.05. The number of hydrogen-bond donors (Lipinski definition) is 1. The first kappa shape index (κ1) is 14.8. The van der Waals surface area contributed by atoms with Gasteiger partial charge < -0.3 is 14.7 Å². The van der Waals surface area contributed by atoms with Crippen molar-refractivity contribution in [3.8, 4) is 0 Å². The molecule has 0 aromatic rings. The number of carbonyl (C=O) groups excluding carboxylic acids is 1. The molecule has 1 aliphatic rings. The first-order valence-electron chi connectivity index (χ1n) is 6.12. The zero-order valence-corrected chi connectivity index (χ0v) is 11.6. The van der Waals surface area contributed by atoms with Crippen LogP contribution in [0.25, 0.3) is 0 Å². The molecule has 4 nitrogen and oxygen atoms in total. The van der Waals surface area contributed by atoms with Crippen LogP contribution < -0.4 is 0 Å². The average Bonchev–Trinajstić information content (AvgIpc) is 2.45. The Hall–Kier alpha value is -0.260. The van der Waals surface area contributed by atoms with Crippen LogP contribution in [0.2, 0.25) is 0 Å². The van der Waals surface area contributed by atoms with E-state index < -0.39 is 5.60 Å². The van der Waals surface area contributed by atoms with Crippen LogP contribution >= 0.6 is 11.8 Å². The van der Waals surface area contributed by atoms with Crippen LogP contribution in [0.1, 0.15) is 26.2 Å². The van der Waals surface area contributed by atoms with Crippen molar-refractivity contribution in [1.82, 2.24) is 4.90 Å². The number of thioether (sulfide) groups is 1. The average molecular weight is 261 g/mol. The molecule has 1 N–H and O–H groups in total. The number of carbonyl (C=O) groups is 1. The van der Waals surface area contributed by atoms with Crippen LogP contribution in [0.5, 0.6) is 0 Å². The lowest BCUT2D eigenvalue weighted by atomic mass is 9.98. The lowest BCUT2D eigenvalue weighted by Gasteiger charge is -2.22. The van der Waals surface area contributed by atoms with Crippen LogP contribution in [0, 0.1) is 0 Å². The minimum atomic E-state index is -0.599. The molecule has 1 saturated heterocycles. The Labute approximate surface area is 108 Å². The van der Waals surface area contributed by atoms with E-state index in [1.807, 2.05) is 11.8 Å². The predicted molar refractivity (Wildman–Crippen MR) is 70.3 cm³/mol. The maximum atomic E-state index is 11.9. The summed E-state index contributed by atoms with van der Waals surface area (Å²) in [6, 6.07) is 0. The fourth-order valence-electron chi connectivity index (χ4n) is 1.91. The van der Waals surface area contributed by atoms with Gasteiger partial charge in [-0.25, -0.2) is 0 Å². The summed E-state index contributed by atoms with van der Waals surface area (Å²) in [7, 11) is 1.67. The summed E-state index contributed by atoms with van der Waals surface area (Å²) in [5.41, 5.74) is -0.599. The van der Waals surface area contributed by atoms with Gasteiger partial charge in [0.25, 0.3) is 0 Å². The smallest absolute Gasteiger partial charge is 0.232 e. The van der Waals surface area contributed by atoms with Crippen molar-refractivity contribution in [1.29, 1.82) is 0 Å². The molecule has 17 heavy (non-hydrogen) atoms. The molecule has 1 unspecified atom stereocenters. The van der Waals surface area contributed by atoms with E-state index in [0.717, 1.165) is 25.1 Å². The Morgan fingerprint density at radius 1 is 1.47 bits per heavy atom. The highest BCUT2D eigenvalue weighted by Gasteiger charge is 2.26. The van der Waals surface area contributed by atoms with Crippen molar-refractivity contribution in [2.75, 3.05) is 38.3 Å². The van der Waals surface area contributed by atoms with Gasteiger partial charge in [-0.05, 0) is 26.2 Å². The largest absolute Gasteiger partial charge is 0.390 e. The molecule has 0 aliphatic carbocycles. The van der Waals surface area contributed by atoms with E-state index in [1.54, 1.807) is 18.9 Å². The number of hydrogen-bond acceptors (Lipinski definition) is 4. The summed E-state index contributed by atoms with van der Waals surface area (Å²) in [5.74, 6) is 1.56. The number of nitrogens with zero attached hydrogens (tertiary/aromatic N) is 1. The minimum Gasteiger partial charge on any atom is -0.390 e. The van der Waals surface area contributed by atoms with Gasteiger partial charge in [-0.15, -0.1) is 11.8 Å². The minimum absolute atomic E-state index is 0.184. The normalized spacial score (nSPS) is 25.7. The Balaban J connectivity index is 2.27. The lowest BCUT2D eigenvalue weighted by Crippen LogP contribution is -2.34. The summed E-state index contributed by atoms with van der Waals surface area (Å²) in [6.45, 7) is 4.00. The van der Waals surface area contributed by atoms with Crippen LogP contribution in [0.4, 0.5) is 0 Å². The second-order valence-electron chi connectivity index (χ2n) is 4.78. The predicted octanol–water partition coefficient (Wildman–Crippen LogP) is 1.13. The van der Waals surface area contributed by atoms with Crippen molar-refractivity contribution in [2.24, 2.45) is 0 Å². The molecule has 100 valence electrons. The molecule has 1 atom stereocenters. The summed E-state index contributed by atoms with van der Waals surface area (Å²) in [5, 5.41) is 9.94. The van der Waals surface area contributed by atoms with Gasteiger partial charge in [0.15, 0.2) is 0 Å². The molecule has 0 spiro atoms. The van der Waals surface area contributed by atoms with E-state index in [2.05, 4.69) is 0 Å². The molecule has 1 aliphatic heterocycles. The van der Waals surface area contributed by atoms with E-state index >= 15 is 0 Å². The van der Waals surface area contributed by atoms with Crippen molar-refractivity contribution in [3.63, 3.8) is 0 Å². The van der Waals surface area contributed by atoms with Crippen LogP contribution in [-0.2, 0) is 9.53 Å². The summed E-state index contributed by atoms with van der Waals surface area (Å²) >= 11 is 1.61. The van der Waals surface area contributed by atoms with E-state index in [4.69, 9.17) is 4.74 Å². The van der Waals surface area contributed by atoms with Crippen LogP contribution in [0.3, 0.4) is 0 Å². The molecule has 1 amide bonds. The molecule has 0 saturated carbocycles. The fourth-order valence-corrected chi connectivity index (χ4v) is 2.69. The molecule has 1 fully saturated rings. The van der Waals surface area contributed by atoms with Crippen molar-refractivity contribution < 1.29 is 14.6 Å². The second kappa shape index (κ2) is 7.24. The van der Waals surface area contributed by atoms with E-state index in [9.17, 15) is 9.90 Å². The topological polar surface area (TPSA) is 49.8 Å². The number of methoxy groups -OCH3 is 1. The Kier molecular flexibility index (Phi) is 6.30. The maximum absolute atomic E-state index is 11.9. The van der Waals surface area contributed by atoms with Crippen LogP contribution in [-0.4, -0.2) is 59.8 Å². The van der Waals surface area contributed by atoms with Gasteiger partial charge in [0, 0.05) is 26.0 Å². The van der Waals surface area contributed by atoms with E-state index in [0.29, 0.717) is 25.3 Å². The Morgan fingerprint density at radius 3 is 2.94 bits per heavy atom. The highest BCUT2D eigenvalue weighted by Crippen LogP contribution is 2.21. The molecule has 5 heteroatoms. The van der Waals surface area contributed by atoms with Gasteiger partial charge in [-0.2, -0.15) is 0 Å². The number of amides is 1. The number of ether oxygens (including phenoxy) is 1. The second-order valence-corrected chi connectivity index (χ2v) is 5.88. The van der Waals surface area contributed by atoms with Crippen molar-refractivity contribution in [3.05, 3.63) is 0 Å². The quantitative estimate of drug-likeness (QED) is 0.754. The molecule has 0 radical (unpaired) electrons. The van der Waals surface area contributed by atoms with Crippen LogP contribution in [0.15, 0.2) is 0 Å². The SMILES string of the molecule is COCCSCC(=O)N1CCCC(C)(O)CC1. The molecule has 0 aromatic heterocycles. The lowest BCUT2D eigenvalue weighted by molar-refractivity contribution is -0.128. The van der Waals surface area contributed by atoms with Gasteiger partial charge in [-0.1, -0.05) is 0 Å². The summed E-state index contributed by atoms with van der Waals surface area (Å²) < 4.78 is 4.94. The molecule has 1 heterocycles. The number of likely N-dealkylation sites (tertiary alicyclic amines) is 1. The van der Waals surface area contributed by atoms with Gasteiger partial charge in [0.05, 0.1) is 18.0 Å². The van der Waals surface area contributed by atoms with Gasteiger partial charge >= 0.3 is 0 Å². The highest BCUT2D eigenvalue weighted by molar-refractivity contribution is 7.99. The van der Waals surface area contributed by atoms with E-state index in [1.165, 1.54) is 0 Å². The molecule has 0 bridgehead atoms. The standard InChI is InChI=1S/C12H23NO3S/c1-12(15)4-3-6-13(7-5-12)11(14)10-17-9-8-16-2/h15H,3-10H2,1-2H3. The summed E-state index contributed by atoms with van der Waals surface area (Å²) in [6.07, 6.45) is 2.36. The first-order valence-corrected chi connectivity index (χ1v) is 7.27. The molecular weight excluding hydrogens is 238 g/mol. The van der Waals surface area contributed by atoms with Crippen molar-refractivity contribution >= 4 is 17.7 Å². The Morgan fingerprint density at radius 2 is 2.24 bits per heavy atom. The number of aliphatic hydroxyl groups is 1. The highest BCUT2D eigenvalue weighted by atomic mass is 32.2. The van der Waals surface area contributed by atoms with E-state index in [-0.39, 0.29) is 5.91 Å². The van der Waals surface area contributed by atoms with Crippen molar-refractivity contribution in [2.45, 2.75) is 31.8 Å². The third kappa shape index (κ3) is 5.75. The molecule has 0 aromatic carbocycles. The third-order valence-electron chi connectivity index (χ3n) is 3.07.